The first kappa shape index (κ1) is 12.4. The molecule has 2 N–H and O–H groups in total. The Labute approximate surface area is 108 Å². The number of allylic oxidation sites excluding steroid dienone is 4. The molecule has 0 saturated heterocycles. The second-order valence-electron chi connectivity index (χ2n) is 4.71. The van der Waals surface area contributed by atoms with Crippen molar-refractivity contribution in [2.45, 2.75) is 20.3 Å². The Morgan fingerprint density at radius 3 is 2.67 bits per heavy atom. The maximum Gasteiger partial charge on any atom is 0.269 e. The van der Waals surface area contributed by atoms with E-state index in [2.05, 4.69) is 36.9 Å². The highest BCUT2D eigenvalue weighted by molar-refractivity contribution is 5.93. The minimum absolute atomic E-state index is 0.114. The molecule has 2 rings (SSSR count). The Morgan fingerprint density at radius 1 is 1.28 bits per heavy atom. The molecule has 1 aliphatic carbocycles. The van der Waals surface area contributed by atoms with E-state index in [1.54, 1.807) is 12.1 Å². The summed E-state index contributed by atoms with van der Waals surface area (Å²) in [6.45, 7) is 4.23. The minimum Gasteiger partial charge on any atom is -0.302 e. The molecular weight excluding hydrogens is 224 g/mol. The predicted octanol–water partition coefficient (Wildman–Crippen LogP) is 2.79. The third-order valence-electron chi connectivity index (χ3n) is 2.86. The van der Waals surface area contributed by atoms with Gasteiger partial charge in [0.15, 0.2) is 0 Å². The fourth-order valence-corrected chi connectivity index (χ4v) is 2.12. The molecule has 0 aromatic heterocycles. The number of rotatable bonds is 3. The average Bonchev–Trinajstić information content (AvgIpc) is 2.36. The molecule has 1 aromatic carbocycles. The van der Waals surface area contributed by atoms with E-state index in [-0.39, 0.29) is 5.91 Å². The summed E-state index contributed by atoms with van der Waals surface area (Å²) in [6, 6.07) is 9.18. The molecule has 18 heavy (non-hydrogen) atoms. The number of hydrazine groups is 1. The highest BCUT2D eigenvalue weighted by atomic mass is 16.2. The van der Waals surface area contributed by atoms with Crippen molar-refractivity contribution in [2.75, 3.05) is 0 Å². The highest BCUT2D eigenvalue weighted by Gasteiger charge is 2.10. The molecule has 3 nitrogen and oxygen atoms in total. The highest BCUT2D eigenvalue weighted by Crippen LogP contribution is 2.19. The standard InChI is InChI=1S/C15H18N2O/c1-11-8-12(2)10-14(9-11)16-17-15(18)13-6-4-3-5-7-13/h3-9,12,16H,10H2,1-2H3,(H,17,18). The van der Waals surface area contributed by atoms with E-state index in [4.69, 9.17) is 0 Å². The Hall–Kier alpha value is -2.03. The summed E-state index contributed by atoms with van der Waals surface area (Å²) < 4.78 is 0. The Balaban J connectivity index is 1.93. The number of carbonyl (C=O) groups excluding carboxylic acids is 1. The summed E-state index contributed by atoms with van der Waals surface area (Å²) >= 11 is 0. The maximum atomic E-state index is 11.8. The third-order valence-corrected chi connectivity index (χ3v) is 2.86. The first-order valence-corrected chi connectivity index (χ1v) is 6.15. The summed E-state index contributed by atoms with van der Waals surface area (Å²) in [6.07, 6.45) is 5.21. The van der Waals surface area contributed by atoms with E-state index in [1.807, 2.05) is 18.2 Å². The van der Waals surface area contributed by atoms with Gasteiger partial charge >= 0.3 is 0 Å². The van der Waals surface area contributed by atoms with E-state index in [0.29, 0.717) is 11.5 Å². The molecule has 94 valence electrons. The van der Waals surface area contributed by atoms with Gasteiger partial charge in [0.1, 0.15) is 0 Å². The monoisotopic (exact) mass is 242 g/mol. The Bertz CT molecular complexity index is 488. The van der Waals surface area contributed by atoms with Gasteiger partial charge in [0, 0.05) is 11.3 Å². The zero-order valence-electron chi connectivity index (χ0n) is 10.7. The van der Waals surface area contributed by atoms with Crippen LogP contribution in [-0.4, -0.2) is 5.91 Å². The average molecular weight is 242 g/mol. The van der Waals surface area contributed by atoms with Crippen molar-refractivity contribution >= 4 is 5.91 Å². The molecule has 3 heteroatoms. The molecule has 1 atom stereocenters. The number of nitrogens with one attached hydrogen (secondary N) is 2. The van der Waals surface area contributed by atoms with Crippen molar-refractivity contribution in [3.8, 4) is 0 Å². The van der Waals surface area contributed by atoms with Crippen molar-refractivity contribution in [3.63, 3.8) is 0 Å². The van der Waals surface area contributed by atoms with Gasteiger partial charge in [-0.15, -0.1) is 0 Å². The molecule has 1 aliphatic rings. The fraction of sp³-hybridized carbons (Fsp3) is 0.267. The van der Waals surface area contributed by atoms with Crippen LogP contribution in [0.25, 0.3) is 0 Å². The van der Waals surface area contributed by atoms with Crippen LogP contribution in [0.5, 0.6) is 0 Å². The molecule has 0 bridgehead atoms. The first-order valence-electron chi connectivity index (χ1n) is 6.15. The Morgan fingerprint density at radius 2 is 2.00 bits per heavy atom. The number of amides is 1. The predicted molar refractivity (Wildman–Crippen MR) is 72.7 cm³/mol. The van der Waals surface area contributed by atoms with Gasteiger partial charge < -0.3 is 5.43 Å². The second-order valence-corrected chi connectivity index (χ2v) is 4.71. The van der Waals surface area contributed by atoms with Gasteiger partial charge in [-0.2, -0.15) is 0 Å². The molecule has 0 aliphatic heterocycles. The van der Waals surface area contributed by atoms with Crippen molar-refractivity contribution < 1.29 is 4.79 Å². The molecule has 0 fully saturated rings. The quantitative estimate of drug-likeness (QED) is 0.800. The number of hydrogen-bond acceptors (Lipinski definition) is 2. The van der Waals surface area contributed by atoms with E-state index >= 15 is 0 Å². The number of carbonyl (C=O) groups is 1. The summed E-state index contributed by atoms with van der Waals surface area (Å²) in [5.41, 5.74) is 8.66. The summed E-state index contributed by atoms with van der Waals surface area (Å²) in [5, 5.41) is 0. The normalized spacial score (nSPS) is 18.7. The molecular formula is C15H18N2O. The van der Waals surface area contributed by atoms with Gasteiger partial charge in [-0.3, -0.25) is 10.2 Å². The largest absolute Gasteiger partial charge is 0.302 e. The van der Waals surface area contributed by atoms with E-state index in [9.17, 15) is 4.79 Å². The third kappa shape index (κ3) is 3.23. The molecule has 1 aromatic rings. The van der Waals surface area contributed by atoms with Crippen molar-refractivity contribution in [1.82, 2.24) is 10.9 Å². The van der Waals surface area contributed by atoms with Crippen molar-refractivity contribution in [3.05, 3.63) is 59.3 Å². The smallest absolute Gasteiger partial charge is 0.269 e. The topological polar surface area (TPSA) is 41.1 Å². The maximum absolute atomic E-state index is 11.8. The van der Waals surface area contributed by atoms with E-state index in [0.717, 1.165) is 12.1 Å². The molecule has 0 spiro atoms. The lowest BCUT2D eigenvalue weighted by molar-refractivity contribution is 0.0938. The van der Waals surface area contributed by atoms with Crippen LogP contribution < -0.4 is 10.9 Å². The van der Waals surface area contributed by atoms with Crippen LogP contribution >= 0.6 is 0 Å². The lowest BCUT2D eigenvalue weighted by atomic mass is 9.96. The molecule has 0 saturated carbocycles. The van der Waals surface area contributed by atoms with Gasteiger partial charge in [0.05, 0.1) is 0 Å². The van der Waals surface area contributed by atoms with Crippen LogP contribution in [0.15, 0.2) is 53.8 Å². The molecule has 1 unspecified atom stereocenters. The zero-order valence-corrected chi connectivity index (χ0v) is 10.7. The van der Waals surface area contributed by atoms with Crippen LogP contribution in [0, 0.1) is 5.92 Å². The van der Waals surface area contributed by atoms with E-state index < -0.39 is 0 Å². The van der Waals surface area contributed by atoms with Crippen molar-refractivity contribution in [1.29, 1.82) is 0 Å². The van der Waals surface area contributed by atoms with E-state index in [1.165, 1.54) is 5.57 Å². The van der Waals surface area contributed by atoms with Gasteiger partial charge in [-0.1, -0.05) is 36.8 Å². The van der Waals surface area contributed by atoms with Gasteiger partial charge in [-0.05, 0) is 37.5 Å². The van der Waals surface area contributed by atoms with Crippen LogP contribution in [0.4, 0.5) is 0 Å². The second kappa shape index (κ2) is 5.54. The first-order chi connectivity index (χ1) is 8.65. The fourth-order valence-electron chi connectivity index (χ4n) is 2.12. The van der Waals surface area contributed by atoms with Crippen LogP contribution in [0.2, 0.25) is 0 Å². The molecule has 0 heterocycles. The van der Waals surface area contributed by atoms with Crippen LogP contribution in [0.1, 0.15) is 30.6 Å². The SMILES string of the molecule is CC1=CC(C)CC(NNC(=O)c2ccccc2)=C1. The summed E-state index contributed by atoms with van der Waals surface area (Å²) in [4.78, 5) is 11.8. The van der Waals surface area contributed by atoms with Crippen LogP contribution in [-0.2, 0) is 0 Å². The van der Waals surface area contributed by atoms with Crippen molar-refractivity contribution in [2.24, 2.45) is 5.92 Å². The van der Waals surface area contributed by atoms with Gasteiger partial charge in [0.2, 0.25) is 0 Å². The summed E-state index contributed by atoms with van der Waals surface area (Å²) in [7, 11) is 0. The lowest BCUT2D eigenvalue weighted by Crippen LogP contribution is -2.37. The minimum atomic E-state index is -0.114. The lowest BCUT2D eigenvalue weighted by Gasteiger charge is -2.19. The number of hydrogen-bond donors (Lipinski definition) is 2. The Kier molecular flexibility index (Phi) is 3.82. The molecule has 0 radical (unpaired) electrons. The molecule has 1 amide bonds. The zero-order chi connectivity index (χ0) is 13.0. The van der Waals surface area contributed by atoms with Gasteiger partial charge in [-0.25, -0.2) is 0 Å². The number of benzene rings is 1. The van der Waals surface area contributed by atoms with Gasteiger partial charge in [0.25, 0.3) is 5.91 Å². The summed E-state index contributed by atoms with van der Waals surface area (Å²) in [5.74, 6) is 0.391. The van der Waals surface area contributed by atoms with Crippen LogP contribution in [0.3, 0.4) is 0 Å².